The Labute approximate surface area is 68.7 Å². The fourth-order valence-electron chi connectivity index (χ4n) is 1.38. The van der Waals surface area contributed by atoms with Crippen molar-refractivity contribution in [2.75, 3.05) is 13.6 Å². The molecule has 0 spiro atoms. The molecule has 0 amide bonds. The van der Waals surface area contributed by atoms with Crippen LogP contribution in [0.25, 0.3) is 0 Å². The first kappa shape index (κ1) is 8.12. The second-order valence-electron chi connectivity index (χ2n) is 2.79. The fraction of sp³-hybridized carbons (Fsp3) is 0.400. The molecule has 0 saturated heterocycles. The van der Waals surface area contributed by atoms with E-state index in [1.165, 1.54) is 11.3 Å². The summed E-state index contributed by atoms with van der Waals surface area (Å²) in [6.07, 6.45) is 7.31. The van der Waals surface area contributed by atoms with Crippen molar-refractivity contribution in [3.05, 3.63) is 36.1 Å². The lowest BCUT2D eigenvalue weighted by Crippen LogP contribution is -2.11. The van der Waals surface area contributed by atoms with Gasteiger partial charge in [-0.15, -0.1) is 0 Å². The monoisotopic (exact) mass is 149 g/mol. The van der Waals surface area contributed by atoms with Crippen LogP contribution in [0.15, 0.2) is 36.1 Å². The minimum absolute atomic E-state index is 1.13. The minimum atomic E-state index is 1.13. The van der Waals surface area contributed by atoms with Gasteiger partial charge in [-0.1, -0.05) is 18.7 Å². The molecule has 11 heavy (non-hydrogen) atoms. The molecule has 1 heteroatoms. The quantitative estimate of drug-likeness (QED) is 0.582. The third-order valence-corrected chi connectivity index (χ3v) is 2.03. The van der Waals surface area contributed by atoms with E-state index in [1.54, 1.807) is 0 Å². The highest BCUT2D eigenvalue weighted by molar-refractivity contribution is 5.34. The standard InChI is InChI=1S/C10H15N/c1-4-6-10-9(5-2)7-8-11(10)3/h4-6H,2,7-8H2,1,3H3/b6-4-. The van der Waals surface area contributed by atoms with Crippen LogP contribution in [0.3, 0.4) is 0 Å². The van der Waals surface area contributed by atoms with Gasteiger partial charge in [0, 0.05) is 19.3 Å². The molecule has 0 aliphatic carbocycles. The zero-order valence-electron chi connectivity index (χ0n) is 7.30. The van der Waals surface area contributed by atoms with E-state index >= 15 is 0 Å². The minimum Gasteiger partial charge on any atom is -0.374 e. The maximum Gasteiger partial charge on any atom is 0.0393 e. The van der Waals surface area contributed by atoms with Crippen LogP contribution in [0.1, 0.15) is 13.3 Å². The molecular formula is C10H15N. The Morgan fingerprint density at radius 2 is 2.27 bits per heavy atom. The Kier molecular flexibility index (Phi) is 2.53. The lowest BCUT2D eigenvalue weighted by Gasteiger charge is -2.12. The molecule has 1 rings (SSSR count). The Morgan fingerprint density at radius 1 is 1.55 bits per heavy atom. The molecule has 60 valence electrons. The Balaban J connectivity index is 2.89. The van der Waals surface area contributed by atoms with Crippen LogP contribution in [0, 0.1) is 0 Å². The van der Waals surface area contributed by atoms with Crippen molar-refractivity contribution < 1.29 is 0 Å². The molecule has 0 saturated carbocycles. The number of nitrogens with zero attached hydrogens (tertiary/aromatic N) is 1. The number of hydrogen-bond donors (Lipinski definition) is 0. The largest absolute Gasteiger partial charge is 0.374 e. The van der Waals surface area contributed by atoms with Crippen LogP contribution < -0.4 is 0 Å². The molecule has 0 fully saturated rings. The predicted octanol–water partition coefficient (Wildman–Crippen LogP) is 2.34. The summed E-state index contributed by atoms with van der Waals surface area (Å²) < 4.78 is 0. The maximum absolute atomic E-state index is 3.79. The summed E-state index contributed by atoms with van der Waals surface area (Å²) in [5.41, 5.74) is 2.69. The number of hydrogen-bond acceptors (Lipinski definition) is 1. The lowest BCUT2D eigenvalue weighted by molar-refractivity contribution is 0.471. The van der Waals surface area contributed by atoms with Gasteiger partial charge in [0.05, 0.1) is 0 Å². The van der Waals surface area contributed by atoms with Gasteiger partial charge in [0.2, 0.25) is 0 Å². The smallest absolute Gasteiger partial charge is 0.0393 e. The maximum atomic E-state index is 3.79. The molecule has 0 radical (unpaired) electrons. The van der Waals surface area contributed by atoms with Crippen LogP contribution in [-0.4, -0.2) is 18.5 Å². The summed E-state index contributed by atoms with van der Waals surface area (Å²) in [4.78, 5) is 2.26. The zero-order valence-corrected chi connectivity index (χ0v) is 7.30. The van der Waals surface area contributed by atoms with Crippen LogP contribution in [0.4, 0.5) is 0 Å². The first-order chi connectivity index (χ1) is 5.29. The van der Waals surface area contributed by atoms with Gasteiger partial charge >= 0.3 is 0 Å². The van der Waals surface area contributed by atoms with Gasteiger partial charge in [0.1, 0.15) is 0 Å². The summed E-state index contributed by atoms with van der Waals surface area (Å²) in [5.74, 6) is 0. The van der Waals surface area contributed by atoms with E-state index in [4.69, 9.17) is 0 Å². The zero-order chi connectivity index (χ0) is 8.27. The highest BCUT2D eigenvalue weighted by atomic mass is 15.1. The molecule has 1 aliphatic rings. The molecule has 1 aliphatic heterocycles. The average molecular weight is 149 g/mol. The normalized spacial score (nSPS) is 18.5. The van der Waals surface area contributed by atoms with Gasteiger partial charge < -0.3 is 4.90 Å². The van der Waals surface area contributed by atoms with Crippen molar-refractivity contribution in [2.45, 2.75) is 13.3 Å². The van der Waals surface area contributed by atoms with Crippen molar-refractivity contribution in [1.82, 2.24) is 4.90 Å². The van der Waals surface area contributed by atoms with E-state index in [1.807, 2.05) is 13.0 Å². The number of allylic oxidation sites excluding steroid dienone is 3. The average Bonchev–Trinajstić information content (AvgIpc) is 2.34. The molecule has 0 aromatic carbocycles. The summed E-state index contributed by atoms with van der Waals surface area (Å²) in [7, 11) is 2.12. The SMILES string of the molecule is C=CC1=C(/C=C\C)N(C)CC1. The molecule has 0 N–H and O–H groups in total. The second kappa shape index (κ2) is 3.42. The van der Waals surface area contributed by atoms with E-state index in [-0.39, 0.29) is 0 Å². The van der Waals surface area contributed by atoms with Crippen molar-refractivity contribution in [3.8, 4) is 0 Å². The van der Waals surface area contributed by atoms with E-state index in [9.17, 15) is 0 Å². The van der Waals surface area contributed by atoms with Gasteiger partial charge in [-0.25, -0.2) is 0 Å². The Morgan fingerprint density at radius 3 is 2.82 bits per heavy atom. The third kappa shape index (κ3) is 1.53. The number of likely N-dealkylation sites (N-methyl/N-ethyl adjacent to an activating group) is 1. The van der Waals surface area contributed by atoms with E-state index < -0.39 is 0 Å². The van der Waals surface area contributed by atoms with Crippen LogP contribution >= 0.6 is 0 Å². The van der Waals surface area contributed by atoms with Crippen molar-refractivity contribution in [2.24, 2.45) is 0 Å². The number of rotatable bonds is 2. The molecule has 0 bridgehead atoms. The predicted molar refractivity (Wildman–Crippen MR) is 49.3 cm³/mol. The summed E-state index contributed by atoms with van der Waals surface area (Å²) in [5, 5.41) is 0. The molecular weight excluding hydrogens is 134 g/mol. The highest BCUT2D eigenvalue weighted by Crippen LogP contribution is 2.22. The van der Waals surface area contributed by atoms with Crippen molar-refractivity contribution in [1.29, 1.82) is 0 Å². The molecule has 0 aromatic rings. The van der Waals surface area contributed by atoms with Crippen molar-refractivity contribution in [3.63, 3.8) is 0 Å². The van der Waals surface area contributed by atoms with Crippen LogP contribution in [0.5, 0.6) is 0 Å². The van der Waals surface area contributed by atoms with E-state index in [2.05, 4.69) is 30.7 Å². The van der Waals surface area contributed by atoms with Gasteiger partial charge in [-0.05, 0) is 25.0 Å². The van der Waals surface area contributed by atoms with Crippen molar-refractivity contribution >= 4 is 0 Å². The fourth-order valence-corrected chi connectivity index (χ4v) is 1.38. The topological polar surface area (TPSA) is 3.24 Å². The lowest BCUT2D eigenvalue weighted by atomic mass is 10.2. The molecule has 1 heterocycles. The van der Waals surface area contributed by atoms with Crippen LogP contribution in [-0.2, 0) is 0 Å². The highest BCUT2D eigenvalue weighted by Gasteiger charge is 2.13. The van der Waals surface area contributed by atoms with E-state index in [0.29, 0.717) is 0 Å². The van der Waals surface area contributed by atoms with E-state index in [0.717, 1.165) is 13.0 Å². The molecule has 1 nitrogen and oxygen atoms in total. The van der Waals surface area contributed by atoms with Gasteiger partial charge in [0.25, 0.3) is 0 Å². The first-order valence-corrected chi connectivity index (χ1v) is 3.99. The summed E-state index contributed by atoms with van der Waals surface area (Å²) in [6.45, 7) is 6.96. The summed E-state index contributed by atoms with van der Waals surface area (Å²) in [6, 6.07) is 0. The first-order valence-electron chi connectivity index (χ1n) is 3.99. The Bertz CT molecular complexity index is 211. The molecule has 0 atom stereocenters. The van der Waals surface area contributed by atoms with Gasteiger partial charge in [0.15, 0.2) is 0 Å². The molecule has 0 aromatic heterocycles. The molecule has 0 unspecified atom stereocenters. The van der Waals surface area contributed by atoms with Crippen LogP contribution in [0.2, 0.25) is 0 Å². The third-order valence-electron chi connectivity index (χ3n) is 2.03. The Hall–Kier alpha value is -0.980. The summed E-state index contributed by atoms with van der Waals surface area (Å²) >= 11 is 0. The van der Waals surface area contributed by atoms with Gasteiger partial charge in [-0.2, -0.15) is 0 Å². The second-order valence-corrected chi connectivity index (χ2v) is 2.79. The van der Waals surface area contributed by atoms with Gasteiger partial charge in [-0.3, -0.25) is 0 Å².